The fraction of sp³-hybridized carbons (Fsp3) is 0. The largest absolute Gasteiger partial charge is 0.382 e. The second-order valence-corrected chi connectivity index (χ2v) is 2.01. The number of anilines is 1. The summed E-state index contributed by atoms with van der Waals surface area (Å²) in [5.41, 5.74) is 6.21. The smallest absolute Gasteiger partial charge is 0.157 e. The van der Waals surface area contributed by atoms with Crippen molar-refractivity contribution in [1.82, 2.24) is 14.4 Å². The van der Waals surface area contributed by atoms with Crippen LogP contribution in [0.25, 0.3) is 5.65 Å². The van der Waals surface area contributed by atoms with Gasteiger partial charge in [-0.05, 0) is 0 Å². The minimum atomic E-state index is 0.521. The van der Waals surface area contributed by atoms with Crippen molar-refractivity contribution in [3.8, 4) is 0 Å². The Morgan fingerprint density at radius 3 is 3.20 bits per heavy atom. The predicted molar refractivity (Wildman–Crippen MR) is 37.4 cm³/mol. The van der Waals surface area contributed by atoms with Crippen LogP contribution in [0.5, 0.6) is 0 Å². The van der Waals surface area contributed by atoms with Crippen LogP contribution in [0.4, 0.5) is 5.82 Å². The van der Waals surface area contributed by atoms with Gasteiger partial charge in [0.2, 0.25) is 0 Å². The standard InChI is InChI=1S/C6H6N4/c7-5-4-10-2-1-8-3-6(10)9-5/h1-4H,7H2. The third kappa shape index (κ3) is 0.621. The first kappa shape index (κ1) is 5.22. The molecule has 2 aromatic rings. The molecule has 2 aromatic heterocycles. The van der Waals surface area contributed by atoms with Gasteiger partial charge in [-0.2, -0.15) is 0 Å². The van der Waals surface area contributed by atoms with Crippen LogP contribution in [-0.4, -0.2) is 14.4 Å². The summed E-state index contributed by atoms with van der Waals surface area (Å²) in [6.45, 7) is 0. The Balaban J connectivity index is 2.88. The highest BCUT2D eigenvalue weighted by Gasteiger charge is 1.93. The van der Waals surface area contributed by atoms with Gasteiger partial charge in [0, 0.05) is 12.4 Å². The third-order valence-corrected chi connectivity index (χ3v) is 1.28. The number of hydrogen-bond acceptors (Lipinski definition) is 3. The quantitative estimate of drug-likeness (QED) is 0.564. The molecule has 0 unspecified atom stereocenters. The molecule has 0 atom stereocenters. The second-order valence-electron chi connectivity index (χ2n) is 2.01. The van der Waals surface area contributed by atoms with Gasteiger partial charge in [0.15, 0.2) is 5.65 Å². The Morgan fingerprint density at radius 1 is 1.50 bits per heavy atom. The van der Waals surface area contributed by atoms with Gasteiger partial charge in [0.25, 0.3) is 0 Å². The lowest BCUT2D eigenvalue weighted by atomic mass is 10.7. The number of imidazole rings is 1. The highest BCUT2D eigenvalue weighted by atomic mass is 15.0. The van der Waals surface area contributed by atoms with Gasteiger partial charge in [-0.25, -0.2) is 4.98 Å². The molecule has 0 fully saturated rings. The van der Waals surface area contributed by atoms with Gasteiger partial charge in [0.1, 0.15) is 5.82 Å². The number of fused-ring (bicyclic) bond motifs is 1. The Bertz CT molecular complexity index is 318. The lowest BCUT2D eigenvalue weighted by molar-refractivity contribution is 1.13. The van der Waals surface area contributed by atoms with Gasteiger partial charge in [0.05, 0.1) is 12.4 Å². The zero-order valence-electron chi connectivity index (χ0n) is 5.23. The van der Waals surface area contributed by atoms with Gasteiger partial charge >= 0.3 is 0 Å². The van der Waals surface area contributed by atoms with E-state index in [1.54, 1.807) is 24.8 Å². The average Bonchev–Trinajstić information content (AvgIpc) is 2.27. The van der Waals surface area contributed by atoms with E-state index in [1.165, 1.54) is 0 Å². The number of nitrogen functional groups attached to an aromatic ring is 1. The van der Waals surface area contributed by atoms with Crippen molar-refractivity contribution in [3.05, 3.63) is 24.8 Å². The summed E-state index contributed by atoms with van der Waals surface area (Å²) in [5.74, 6) is 0.521. The molecular formula is C6H6N4. The maximum Gasteiger partial charge on any atom is 0.157 e. The monoisotopic (exact) mass is 134 g/mol. The molecule has 2 heterocycles. The van der Waals surface area contributed by atoms with E-state index in [4.69, 9.17) is 5.73 Å². The Kier molecular flexibility index (Phi) is 0.887. The Hall–Kier alpha value is -1.58. The van der Waals surface area contributed by atoms with E-state index in [9.17, 15) is 0 Å². The molecule has 0 amide bonds. The van der Waals surface area contributed by atoms with Crippen LogP contribution >= 0.6 is 0 Å². The molecule has 0 spiro atoms. The van der Waals surface area contributed by atoms with Crippen LogP contribution in [0.3, 0.4) is 0 Å². The lowest BCUT2D eigenvalue weighted by Gasteiger charge is -1.85. The van der Waals surface area contributed by atoms with Crippen molar-refractivity contribution in [2.24, 2.45) is 0 Å². The van der Waals surface area contributed by atoms with E-state index in [0.29, 0.717) is 5.82 Å². The maximum absolute atomic E-state index is 5.43. The first-order valence-corrected chi connectivity index (χ1v) is 2.90. The number of nitrogens with two attached hydrogens (primary N) is 1. The normalized spacial score (nSPS) is 10.4. The molecule has 0 aromatic carbocycles. The zero-order chi connectivity index (χ0) is 6.97. The van der Waals surface area contributed by atoms with Crippen LogP contribution in [-0.2, 0) is 0 Å². The van der Waals surface area contributed by atoms with Crippen molar-refractivity contribution >= 4 is 11.5 Å². The van der Waals surface area contributed by atoms with E-state index in [0.717, 1.165) is 5.65 Å². The summed E-state index contributed by atoms with van der Waals surface area (Å²) >= 11 is 0. The van der Waals surface area contributed by atoms with E-state index < -0.39 is 0 Å². The van der Waals surface area contributed by atoms with Crippen LogP contribution < -0.4 is 5.73 Å². The molecule has 0 saturated carbocycles. The summed E-state index contributed by atoms with van der Waals surface area (Å²) in [5, 5.41) is 0. The molecule has 4 nitrogen and oxygen atoms in total. The molecule has 2 rings (SSSR count). The van der Waals surface area contributed by atoms with Crippen molar-refractivity contribution in [1.29, 1.82) is 0 Å². The number of hydrogen-bond donors (Lipinski definition) is 1. The molecular weight excluding hydrogens is 128 g/mol. The van der Waals surface area contributed by atoms with Gasteiger partial charge in [-0.1, -0.05) is 0 Å². The predicted octanol–water partition coefficient (Wildman–Crippen LogP) is 0.311. The minimum absolute atomic E-state index is 0.521. The first-order valence-electron chi connectivity index (χ1n) is 2.90. The third-order valence-electron chi connectivity index (χ3n) is 1.28. The van der Waals surface area contributed by atoms with Crippen LogP contribution in [0, 0.1) is 0 Å². The molecule has 10 heavy (non-hydrogen) atoms. The highest BCUT2D eigenvalue weighted by molar-refractivity contribution is 5.43. The Labute approximate surface area is 57.3 Å². The summed E-state index contributed by atoms with van der Waals surface area (Å²) < 4.78 is 1.82. The molecule has 0 bridgehead atoms. The van der Waals surface area contributed by atoms with E-state index in [1.807, 2.05) is 4.40 Å². The SMILES string of the molecule is Nc1cn2ccncc2n1. The summed E-state index contributed by atoms with van der Waals surface area (Å²) in [6, 6.07) is 0. The molecule has 50 valence electrons. The van der Waals surface area contributed by atoms with Crippen molar-refractivity contribution in [2.45, 2.75) is 0 Å². The second kappa shape index (κ2) is 1.70. The lowest BCUT2D eigenvalue weighted by Crippen LogP contribution is -1.81. The van der Waals surface area contributed by atoms with Crippen LogP contribution in [0.2, 0.25) is 0 Å². The van der Waals surface area contributed by atoms with Crippen molar-refractivity contribution in [3.63, 3.8) is 0 Å². The molecule has 0 radical (unpaired) electrons. The number of nitrogens with zero attached hydrogens (tertiary/aromatic N) is 3. The Morgan fingerprint density at radius 2 is 2.40 bits per heavy atom. The zero-order valence-corrected chi connectivity index (χ0v) is 5.23. The maximum atomic E-state index is 5.43. The van der Waals surface area contributed by atoms with Gasteiger partial charge < -0.3 is 10.1 Å². The van der Waals surface area contributed by atoms with Gasteiger partial charge in [-0.3, -0.25) is 4.98 Å². The molecule has 0 saturated heterocycles. The molecule has 4 heteroatoms. The topological polar surface area (TPSA) is 56.2 Å². The molecule has 0 aliphatic heterocycles. The minimum Gasteiger partial charge on any atom is -0.382 e. The number of rotatable bonds is 0. The average molecular weight is 134 g/mol. The van der Waals surface area contributed by atoms with Gasteiger partial charge in [-0.15, -0.1) is 0 Å². The fourth-order valence-electron chi connectivity index (χ4n) is 0.862. The summed E-state index contributed by atoms with van der Waals surface area (Å²) in [4.78, 5) is 7.88. The van der Waals surface area contributed by atoms with E-state index in [-0.39, 0.29) is 0 Å². The van der Waals surface area contributed by atoms with Crippen molar-refractivity contribution < 1.29 is 0 Å². The molecule has 2 N–H and O–H groups in total. The fourth-order valence-corrected chi connectivity index (χ4v) is 0.862. The van der Waals surface area contributed by atoms with Crippen LogP contribution in [0.1, 0.15) is 0 Å². The molecule has 0 aliphatic carbocycles. The number of aromatic nitrogens is 3. The van der Waals surface area contributed by atoms with E-state index in [2.05, 4.69) is 9.97 Å². The summed E-state index contributed by atoms with van der Waals surface area (Å²) in [7, 11) is 0. The summed E-state index contributed by atoms with van der Waals surface area (Å²) in [6.07, 6.45) is 6.90. The highest BCUT2D eigenvalue weighted by Crippen LogP contribution is 2.02. The molecule has 0 aliphatic rings. The first-order chi connectivity index (χ1) is 4.86. The van der Waals surface area contributed by atoms with Crippen molar-refractivity contribution in [2.75, 3.05) is 5.73 Å². The van der Waals surface area contributed by atoms with Crippen LogP contribution in [0.15, 0.2) is 24.8 Å². The van der Waals surface area contributed by atoms with E-state index >= 15 is 0 Å².